The Hall–Kier alpha value is -3.12. The topological polar surface area (TPSA) is 71.8 Å². The Morgan fingerprint density at radius 2 is 1.87 bits per heavy atom. The average Bonchev–Trinajstić information content (AvgIpc) is 2.67. The quantitative estimate of drug-likeness (QED) is 0.590. The Morgan fingerprint density at radius 1 is 1.17 bits per heavy atom. The molecule has 0 spiro atoms. The molecule has 0 unspecified atom stereocenters. The minimum atomic E-state index is -0.384. The summed E-state index contributed by atoms with van der Waals surface area (Å²) >= 11 is 0. The lowest BCUT2D eigenvalue weighted by molar-refractivity contribution is -0.117. The molecule has 1 N–H and O–H groups in total. The van der Waals surface area contributed by atoms with Crippen molar-refractivity contribution in [1.82, 2.24) is 4.90 Å². The lowest BCUT2D eigenvalue weighted by atomic mass is 9.95. The zero-order valence-corrected chi connectivity index (χ0v) is 18.1. The van der Waals surface area contributed by atoms with Crippen molar-refractivity contribution in [2.45, 2.75) is 33.2 Å². The van der Waals surface area contributed by atoms with E-state index in [-0.39, 0.29) is 18.1 Å². The number of rotatable bonds is 7. The molecule has 0 saturated heterocycles. The van der Waals surface area contributed by atoms with Crippen LogP contribution < -0.4 is 15.7 Å². The number of amides is 1. The Balaban J connectivity index is 1.76. The number of fused-ring (bicyclic) bond motifs is 1. The number of anilines is 1. The van der Waals surface area contributed by atoms with Gasteiger partial charge in [-0.15, -0.1) is 0 Å². The average molecular weight is 408 g/mol. The Labute approximate surface area is 176 Å². The van der Waals surface area contributed by atoms with Crippen LogP contribution in [0.4, 0.5) is 5.69 Å². The zero-order chi connectivity index (χ0) is 21.8. The minimum Gasteiger partial charge on any atom is -0.497 e. The van der Waals surface area contributed by atoms with E-state index in [4.69, 9.17) is 9.15 Å². The number of benzene rings is 2. The summed E-state index contributed by atoms with van der Waals surface area (Å²) in [6, 6.07) is 12.7. The first-order chi connectivity index (χ1) is 14.3. The fourth-order valence-corrected chi connectivity index (χ4v) is 3.61. The van der Waals surface area contributed by atoms with Crippen LogP contribution in [0, 0.1) is 6.92 Å². The number of aryl methyl sites for hydroxylation is 1. The lowest BCUT2D eigenvalue weighted by Gasteiger charge is -2.18. The molecular formula is C24H28N2O4. The van der Waals surface area contributed by atoms with Crippen LogP contribution >= 0.6 is 0 Å². The summed E-state index contributed by atoms with van der Waals surface area (Å²) < 4.78 is 10.5. The predicted octanol–water partition coefficient (Wildman–Crippen LogP) is 4.30. The predicted molar refractivity (Wildman–Crippen MR) is 119 cm³/mol. The second kappa shape index (κ2) is 9.13. The molecule has 0 bridgehead atoms. The Morgan fingerprint density at radius 3 is 2.50 bits per heavy atom. The molecule has 1 amide bonds. The van der Waals surface area contributed by atoms with Gasteiger partial charge in [0, 0.05) is 23.7 Å². The number of methoxy groups -OCH3 is 1. The molecule has 0 radical (unpaired) electrons. The second-order valence-electron chi connectivity index (χ2n) is 7.90. The lowest BCUT2D eigenvalue weighted by Crippen LogP contribution is -2.30. The molecule has 0 aliphatic rings. The van der Waals surface area contributed by atoms with Gasteiger partial charge in [-0.1, -0.05) is 13.8 Å². The highest BCUT2D eigenvalue weighted by atomic mass is 16.5. The number of nitrogens with zero attached hydrogens (tertiary/aromatic N) is 1. The molecule has 0 atom stereocenters. The van der Waals surface area contributed by atoms with Crippen molar-refractivity contribution >= 4 is 22.6 Å². The number of hydrogen-bond donors (Lipinski definition) is 1. The summed E-state index contributed by atoms with van der Waals surface area (Å²) in [5.41, 5.74) is 4.07. The Kier molecular flexibility index (Phi) is 6.57. The van der Waals surface area contributed by atoms with Gasteiger partial charge < -0.3 is 14.5 Å². The van der Waals surface area contributed by atoms with Gasteiger partial charge in [-0.2, -0.15) is 0 Å². The molecule has 158 valence electrons. The molecule has 3 rings (SSSR count). The first-order valence-corrected chi connectivity index (χ1v) is 9.96. The van der Waals surface area contributed by atoms with Crippen LogP contribution in [0.15, 0.2) is 51.7 Å². The summed E-state index contributed by atoms with van der Waals surface area (Å²) in [4.78, 5) is 26.4. The zero-order valence-electron chi connectivity index (χ0n) is 18.1. The van der Waals surface area contributed by atoms with Crippen molar-refractivity contribution in [2.75, 3.05) is 26.0 Å². The van der Waals surface area contributed by atoms with Crippen molar-refractivity contribution in [3.63, 3.8) is 0 Å². The highest BCUT2D eigenvalue weighted by molar-refractivity contribution is 5.92. The van der Waals surface area contributed by atoms with Crippen molar-refractivity contribution in [3.8, 4) is 5.75 Å². The monoisotopic (exact) mass is 408 g/mol. The highest BCUT2D eigenvalue weighted by Gasteiger charge is 2.14. The van der Waals surface area contributed by atoms with Gasteiger partial charge in [0.15, 0.2) is 0 Å². The molecular weight excluding hydrogens is 380 g/mol. The van der Waals surface area contributed by atoms with Crippen LogP contribution in [0.2, 0.25) is 0 Å². The van der Waals surface area contributed by atoms with Gasteiger partial charge in [0.25, 0.3) is 0 Å². The smallest absolute Gasteiger partial charge is 0.336 e. The van der Waals surface area contributed by atoms with Gasteiger partial charge in [-0.25, -0.2) is 4.79 Å². The Bertz CT molecular complexity index is 1100. The van der Waals surface area contributed by atoms with E-state index >= 15 is 0 Å². The van der Waals surface area contributed by atoms with Gasteiger partial charge in [-0.05, 0) is 73.0 Å². The molecule has 1 aromatic heterocycles. The number of likely N-dealkylation sites (N-methyl/N-ethyl adjacent to an activating group) is 1. The number of hydrogen-bond acceptors (Lipinski definition) is 5. The van der Waals surface area contributed by atoms with Gasteiger partial charge in [0.05, 0.1) is 13.7 Å². The molecule has 0 aliphatic carbocycles. The third-order valence-electron chi connectivity index (χ3n) is 5.07. The van der Waals surface area contributed by atoms with Crippen LogP contribution in [0.1, 0.15) is 36.5 Å². The molecule has 2 aromatic carbocycles. The third kappa shape index (κ3) is 5.07. The maximum absolute atomic E-state index is 12.4. The normalized spacial score (nSPS) is 11.3. The molecule has 6 heteroatoms. The van der Waals surface area contributed by atoms with Crippen molar-refractivity contribution < 1.29 is 13.9 Å². The molecule has 0 aliphatic heterocycles. The van der Waals surface area contributed by atoms with Gasteiger partial charge in [-0.3, -0.25) is 9.69 Å². The summed E-state index contributed by atoms with van der Waals surface area (Å²) in [7, 11) is 3.45. The second-order valence-corrected chi connectivity index (χ2v) is 7.90. The standard InChI is InChI=1S/C24H28N2O4/c1-15(2)20-12-21-17(11-24(28)30-22(21)10-16(20)3)13-26(4)14-23(27)25-18-6-8-19(29-5)9-7-18/h6-12,15H,13-14H2,1-5H3,(H,25,27). The molecule has 30 heavy (non-hydrogen) atoms. The maximum atomic E-state index is 12.4. The van der Waals surface area contributed by atoms with Crippen molar-refractivity contribution in [3.05, 3.63) is 69.6 Å². The van der Waals surface area contributed by atoms with Crippen LogP contribution in [-0.2, 0) is 11.3 Å². The number of carbonyl (C=O) groups is 1. The number of nitrogens with one attached hydrogen (secondary N) is 1. The van der Waals surface area contributed by atoms with Crippen LogP contribution in [0.25, 0.3) is 11.0 Å². The van der Waals surface area contributed by atoms with E-state index in [1.807, 2.05) is 24.9 Å². The minimum absolute atomic E-state index is 0.131. The maximum Gasteiger partial charge on any atom is 0.336 e. The van der Waals surface area contributed by atoms with E-state index in [1.54, 1.807) is 31.4 Å². The molecule has 6 nitrogen and oxygen atoms in total. The van der Waals surface area contributed by atoms with Crippen LogP contribution in [-0.4, -0.2) is 31.5 Å². The van der Waals surface area contributed by atoms with Gasteiger partial charge in [0.1, 0.15) is 11.3 Å². The molecule has 0 fully saturated rings. The summed E-state index contributed by atoms with van der Waals surface area (Å²) in [6.07, 6.45) is 0. The first-order valence-electron chi connectivity index (χ1n) is 9.96. The first kappa shape index (κ1) is 21.6. The molecule has 0 saturated carbocycles. The van der Waals surface area contributed by atoms with Crippen LogP contribution in [0.3, 0.4) is 0 Å². The molecule has 1 heterocycles. The van der Waals surface area contributed by atoms with Crippen LogP contribution in [0.5, 0.6) is 5.75 Å². The van der Waals surface area contributed by atoms with Gasteiger partial charge in [0.2, 0.25) is 5.91 Å². The van der Waals surface area contributed by atoms with E-state index in [0.717, 1.165) is 22.3 Å². The highest BCUT2D eigenvalue weighted by Crippen LogP contribution is 2.27. The van der Waals surface area contributed by atoms with E-state index in [9.17, 15) is 9.59 Å². The third-order valence-corrected chi connectivity index (χ3v) is 5.07. The van der Waals surface area contributed by atoms with Crippen molar-refractivity contribution in [2.24, 2.45) is 0 Å². The summed E-state index contributed by atoms with van der Waals surface area (Å²) in [5, 5.41) is 3.78. The van der Waals surface area contributed by atoms with Gasteiger partial charge >= 0.3 is 5.63 Å². The van der Waals surface area contributed by atoms with E-state index < -0.39 is 0 Å². The number of carbonyl (C=O) groups excluding carboxylic acids is 1. The molecule has 3 aromatic rings. The fraction of sp³-hybridized carbons (Fsp3) is 0.333. The van der Waals surface area contributed by atoms with E-state index in [1.165, 1.54) is 11.6 Å². The summed E-state index contributed by atoms with van der Waals surface area (Å²) in [6.45, 7) is 6.96. The SMILES string of the molecule is COc1ccc(NC(=O)CN(C)Cc2cc(=O)oc3cc(C)c(C(C)C)cc23)cc1. The van der Waals surface area contributed by atoms with Crippen molar-refractivity contribution in [1.29, 1.82) is 0 Å². The number of ether oxygens (including phenoxy) is 1. The summed E-state index contributed by atoms with van der Waals surface area (Å²) in [5.74, 6) is 0.965. The largest absolute Gasteiger partial charge is 0.497 e. The fourth-order valence-electron chi connectivity index (χ4n) is 3.61. The van der Waals surface area contributed by atoms with E-state index in [0.29, 0.717) is 23.7 Å². The van der Waals surface area contributed by atoms with E-state index in [2.05, 4.69) is 25.2 Å².